The summed E-state index contributed by atoms with van der Waals surface area (Å²) < 4.78 is 0. The van der Waals surface area contributed by atoms with Crippen molar-refractivity contribution in [3.8, 4) is 6.07 Å². The predicted octanol–water partition coefficient (Wildman–Crippen LogP) is 1.95. The molecule has 0 saturated carbocycles. The van der Waals surface area contributed by atoms with E-state index in [1.165, 1.54) is 12.1 Å². The Hall–Kier alpha value is -3.90. The lowest BCUT2D eigenvalue weighted by Gasteiger charge is -2.18. The molecular formula is C18H15N5O4. The minimum Gasteiger partial charge on any atom is -0.374 e. The maximum Gasteiger partial charge on any atom is 0.323 e. The van der Waals surface area contributed by atoms with Gasteiger partial charge in [0.05, 0.1) is 23.9 Å². The van der Waals surface area contributed by atoms with Gasteiger partial charge in [0.25, 0.3) is 5.91 Å². The van der Waals surface area contributed by atoms with Crippen molar-refractivity contribution in [3.05, 3.63) is 48.0 Å². The first-order valence-corrected chi connectivity index (χ1v) is 7.90. The first-order valence-electron chi connectivity index (χ1n) is 7.90. The second kappa shape index (κ2) is 7.15. The number of carbonyl (C=O) groups excluding carboxylic acids is 3. The average Bonchev–Trinajstić information content (AvgIpc) is 2.88. The third kappa shape index (κ3) is 3.42. The minimum atomic E-state index is -2.07. The normalized spacial score (nSPS) is 17.3. The van der Waals surface area contributed by atoms with Crippen molar-refractivity contribution >= 4 is 41.1 Å². The number of fused-ring (bicyclic) bond motifs is 1. The molecule has 1 heterocycles. The molecule has 0 spiro atoms. The van der Waals surface area contributed by atoms with Gasteiger partial charge in [-0.05, 0) is 24.3 Å². The molecule has 0 aliphatic carbocycles. The Morgan fingerprint density at radius 2 is 1.96 bits per heavy atom. The Balaban J connectivity index is 1.96. The molecule has 0 radical (unpaired) electrons. The van der Waals surface area contributed by atoms with Gasteiger partial charge in [-0.3, -0.25) is 9.59 Å². The second-order valence-electron chi connectivity index (χ2n) is 5.80. The van der Waals surface area contributed by atoms with E-state index in [1.807, 2.05) is 0 Å². The Morgan fingerprint density at radius 1 is 1.22 bits per heavy atom. The number of anilines is 4. The summed E-state index contributed by atoms with van der Waals surface area (Å²) in [5.74, 6) is -0.783. The number of urea groups is 1. The first kappa shape index (κ1) is 17.9. The molecule has 27 heavy (non-hydrogen) atoms. The fourth-order valence-corrected chi connectivity index (χ4v) is 2.79. The van der Waals surface area contributed by atoms with Crippen LogP contribution >= 0.6 is 0 Å². The maximum atomic E-state index is 12.3. The summed E-state index contributed by atoms with van der Waals surface area (Å²) in [7, 11) is 0. The van der Waals surface area contributed by atoms with Crippen LogP contribution in [0.3, 0.4) is 0 Å². The number of nitriles is 1. The van der Waals surface area contributed by atoms with Crippen molar-refractivity contribution in [1.29, 1.82) is 5.26 Å². The molecular weight excluding hydrogens is 350 g/mol. The molecule has 136 valence electrons. The number of para-hydroxylation sites is 1. The van der Waals surface area contributed by atoms with Crippen LogP contribution in [0.4, 0.5) is 27.5 Å². The topological polar surface area (TPSA) is 143 Å². The first-order chi connectivity index (χ1) is 13.0. The maximum absolute atomic E-state index is 12.3. The van der Waals surface area contributed by atoms with Gasteiger partial charge in [0, 0.05) is 16.9 Å². The number of amides is 4. The molecule has 0 aromatic heterocycles. The molecule has 4 amide bonds. The summed E-state index contributed by atoms with van der Waals surface area (Å²) in [6.45, 7) is 0. The Morgan fingerprint density at radius 3 is 2.63 bits per heavy atom. The fourth-order valence-electron chi connectivity index (χ4n) is 2.79. The van der Waals surface area contributed by atoms with Gasteiger partial charge in [-0.1, -0.05) is 18.2 Å². The summed E-state index contributed by atoms with van der Waals surface area (Å²) in [5.41, 5.74) is -0.858. The molecule has 2 aromatic carbocycles. The Kier molecular flexibility index (Phi) is 4.74. The molecule has 1 atom stereocenters. The lowest BCUT2D eigenvalue weighted by Crippen LogP contribution is -2.33. The molecule has 9 heteroatoms. The van der Waals surface area contributed by atoms with Crippen LogP contribution in [-0.4, -0.2) is 23.5 Å². The lowest BCUT2D eigenvalue weighted by molar-refractivity contribution is -0.133. The van der Waals surface area contributed by atoms with Crippen LogP contribution in [0.1, 0.15) is 12.0 Å². The minimum absolute atomic E-state index is 0.0934. The van der Waals surface area contributed by atoms with Crippen LogP contribution in [0.25, 0.3) is 0 Å². The second-order valence-corrected chi connectivity index (χ2v) is 5.80. The van der Waals surface area contributed by atoms with E-state index in [2.05, 4.69) is 21.3 Å². The number of hydrogen-bond donors (Lipinski definition) is 5. The summed E-state index contributed by atoms with van der Waals surface area (Å²) in [5, 5.41) is 29.7. The Labute approximate surface area is 154 Å². The van der Waals surface area contributed by atoms with Gasteiger partial charge in [0.2, 0.25) is 6.41 Å². The van der Waals surface area contributed by atoms with E-state index in [0.29, 0.717) is 12.1 Å². The van der Waals surface area contributed by atoms with Gasteiger partial charge < -0.3 is 26.4 Å². The summed E-state index contributed by atoms with van der Waals surface area (Å²) in [6, 6.07) is 12.7. The largest absolute Gasteiger partial charge is 0.374 e. The van der Waals surface area contributed by atoms with Crippen LogP contribution < -0.4 is 21.3 Å². The Bertz CT molecular complexity index is 954. The van der Waals surface area contributed by atoms with E-state index < -0.39 is 24.0 Å². The van der Waals surface area contributed by atoms with Crippen molar-refractivity contribution in [2.24, 2.45) is 0 Å². The number of carbonyl (C=O) groups is 3. The van der Waals surface area contributed by atoms with Crippen molar-refractivity contribution in [3.63, 3.8) is 0 Å². The zero-order valence-corrected chi connectivity index (χ0v) is 13.9. The third-order valence-electron chi connectivity index (χ3n) is 4.04. The molecule has 3 rings (SSSR count). The fraction of sp³-hybridized carbons (Fsp3) is 0.111. The molecule has 5 N–H and O–H groups in total. The van der Waals surface area contributed by atoms with Crippen LogP contribution in [-0.2, 0) is 15.2 Å². The highest BCUT2D eigenvalue weighted by Crippen LogP contribution is 2.44. The summed E-state index contributed by atoms with van der Waals surface area (Å²) in [4.78, 5) is 35.3. The van der Waals surface area contributed by atoms with Gasteiger partial charge in [0.15, 0.2) is 5.60 Å². The van der Waals surface area contributed by atoms with E-state index in [4.69, 9.17) is 5.26 Å². The van der Waals surface area contributed by atoms with Crippen molar-refractivity contribution in [1.82, 2.24) is 0 Å². The van der Waals surface area contributed by atoms with E-state index in [-0.39, 0.29) is 22.6 Å². The number of nitrogens with one attached hydrogen (secondary N) is 4. The van der Waals surface area contributed by atoms with Gasteiger partial charge in [-0.15, -0.1) is 0 Å². The van der Waals surface area contributed by atoms with Crippen LogP contribution in [0, 0.1) is 11.3 Å². The number of aliphatic hydroxyl groups is 1. The highest BCUT2D eigenvalue weighted by Gasteiger charge is 2.46. The highest BCUT2D eigenvalue weighted by atomic mass is 16.3. The van der Waals surface area contributed by atoms with E-state index in [1.54, 1.807) is 36.4 Å². The lowest BCUT2D eigenvalue weighted by atomic mass is 9.91. The van der Waals surface area contributed by atoms with Crippen molar-refractivity contribution in [2.45, 2.75) is 12.0 Å². The van der Waals surface area contributed by atoms with Gasteiger partial charge >= 0.3 is 6.03 Å². The number of hydrogen-bond acceptors (Lipinski definition) is 5. The zero-order chi connectivity index (χ0) is 19.4. The SMILES string of the molecule is N#CCC1(O)C(=O)Nc2c(NC(=O)Nc3ccccc3)cc(NC=O)cc21. The van der Waals surface area contributed by atoms with Gasteiger partial charge in [-0.2, -0.15) is 5.26 Å². The zero-order valence-electron chi connectivity index (χ0n) is 13.9. The highest BCUT2D eigenvalue weighted by molar-refractivity contribution is 6.12. The molecule has 1 unspecified atom stereocenters. The summed E-state index contributed by atoms with van der Waals surface area (Å²) in [6.07, 6.45) is -0.0604. The van der Waals surface area contributed by atoms with Crippen LogP contribution in [0.15, 0.2) is 42.5 Å². The van der Waals surface area contributed by atoms with Crippen LogP contribution in [0.5, 0.6) is 0 Å². The molecule has 1 aliphatic heterocycles. The van der Waals surface area contributed by atoms with Crippen LogP contribution in [0.2, 0.25) is 0 Å². The molecule has 9 nitrogen and oxygen atoms in total. The van der Waals surface area contributed by atoms with E-state index in [9.17, 15) is 19.5 Å². The number of benzene rings is 2. The van der Waals surface area contributed by atoms with E-state index in [0.717, 1.165) is 0 Å². The standard InChI is InChI=1S/C18H15N5O4/c19-7-6-18(27)13-8-12(20-10-24)9-14(15(13)23-16(18)25)22-17(26)21-11-4-2-1-3-5-11/h1-5,8-10,27H,6H2,(H,20,24)(H,23,25)(H2,21,22,26). The summed E-state index contributed by atoms with van der Waals surface area (Å²) >= 11 is 0. The molecule has 0 saturated heterocycles. The van der Waals surface area contributed by atoms with Gasteiger partial charge in [-0.25, -0.2) is 4.79 Å². The third-order valence-corrected chi connectivity index (χ3v) is 4.04. The van der Waals surface area contributed by atoms with Crippen molar-refractivity contribution in [2.75, 3.05) is 21.3 Å². The monoisotopic (exact) mass is 365 g/mol. The average molecular weight is 365 g/mol. The van der Waals surface area contributed by atoms with E-state index >= 15 is 0 Å². The van der Waals surface area contributed by atoms with Gasteiger partial charge in [0.1, 0.15) is 0 Å². The molecule has 0 fully saturated rings. The predicted molar refractivity (Wildman–Crippen MR) is 98.0 cm³/mol. The number of rotatable bonds is 5. The molecule has 2 aromatic rings. The smallest absolute Gasteiger partial charge is 0.323 e. The van der Waals surface area contributed by atoms with Crippen molar-refractivity contribution < 1.29 is 19.5 Å². The molecule has 0 bridgehead atoms. The number of nitrogens with zero attached hydrogens (tertiary/aromatic N) is 1. The quantitative estimate of drug-likeness (QED) is 0.515. The molecule has 1 aliphatic rings.